The molecule has 1 aromatic carbocycles. The maximum absolute atomic E-state index is 14.8. The molecule has 3 atom stereocenters. The number of hydrogen-bond acceptors (Lipinski definition) is 7. The van der Waals surface area contributed by atoms with Crippen LogP contribution in [0.3, 0.4) is 0 Å². The number of Topliss-reactive ketones (excluding diaryl/α,β-unsaturated/α-hetero) is 1. The molecule has 8 nitrogen and oxygen atoms in total. The molecule has 5 rings (SSSR count). The number of nitriles is 1. The standard InChI is InChI=1S/C28H24F5N5O3S/c1-15-22(30)11-24(38(15)42(40,41)20-7-5-19(29)6-8-20)25(39)9-4-17-10-23(37-26(16-2-3-16)21(17)12-34)18-13-35-27(36-14-18)28(31,32)33/h5-8,10,13-16,22,24H,2-4,9,11H2,1H3/t15-,22+,24-/m0/s1. The third kappa shape index (κ3) is 5.76. The lowest BCUT2D eigenvalue weighted by molar-refractivity contribution is -0.145. The number of ketones is 1. The summed E-state index contributed by atoms with van der Waals surface area (Å²) in [5.74, 6) is -2.56. The number of sulfonamides is 1. The molecule has 0 radical (unpaired) electrons. The SMILES string of the molecule is C[C@H]1[C@H](F)C[C@@H](C(=O)CCc2cc(-c3cnc(C(F)(F)F)nc3)nc(C3CC3)c2C#N)N1S(=O)(=O)c1ccc(F)cc1. The first-order valence-electron chi connectivity index (χ1n) is 13.1. The van der Waals surface area contributed by atoms with E-state index in [1.807, 2.05) is 0 Å². The number of carbonyl (C=O) groups is 1. The highest BCUT2D eigenvalue weighted by Crippen LogP contribution is 2.42. The molecule has 2 aliphatic rings. The average Bonchev–Trinajstić information content (AvgIpc) is 3.75. The van der Waals surface area contributed by atoms with Crippen molar-refractivity contribution in [3.63, 3.8) is 0 Å². The Morgan fingerprint density at radius 1 is 1.14 bits per heavy atom. The van der Waals surface area contributed by atoms with Gasteiger partial charge in [-0.1, -0.05) is 0 Å². The highest BCUT2D eigenvalue weighted by Gasteiger charge is 2.48. The van der Waals surface area contributed by atoms with E-state index in [1.165, 1.54) is 13.0 Å². The van der Waals surface area contributed by atoms with Gasteiger partial charge in [-0.3, -0.25) is 9.78 Å². The number of aromatic nitrogens is 3. The average molecular weight is 606 g/mol. The minimum Gasteiger partial charge on any atom is -0.298 e. The van der Waals surface area contributed by atoms with Crippen molar-refractivity contribution < 1.29 is 35.2 Å². The normalized spacial score (nSPS) is 21.3. The topological polar surface area (TPSA) is 117 Å². The molecule has 3 aromatic rings. The van der Waals surface area contributed by atoms with Gasteiger partial charge in [-0.05, 0) is 62.1 Å². The van der Waals surface area contributed by atoms with Crippen LogP contribution in [0.15, 0.2) is 47.6 Å². The summed E-state index contributed by atoms with van der Waals surface area (Å²) >= 11 is 0. The van der Waals surface area contributed by atoms with Crippen LogP contribution in [0.25, 0.3) is 11.3 Å². The maximum Gasteiger partial charge on any atom is 0.451 e. The monoisotopic (exact) mass is 605 g/mol. The smallest absolute Gasteiger partial charge is 0.298 e. The molecule has 0 N–H and O–H groups in total. The summed E-state index contributed by atoms with van der Waals surface area (Å²) in [4.78, 5) is 24.4. The summed E-state index contributed by atoms with van der Waals surface area (Å²) in [5.41, 5.74) is 1.50. The summed E-state index contributed by atoms with van der Waals surface area (Å²) in [6.07, 6.45) is -3.47. The predicted octanol–water partition coefficient (Wildman–Crippen LogP) is 5.14. The second kappa shape index (κ2) is 11.1. The minimum atomic E-state index is -4.73. The Morgan fingerprint density at radius 2 is 1.79 bits per heavy atom. The van der Waals surface area contributed by atoms with Crippen LogP contribution in [-0.4, -0.2) is 51.7 Å². The van der Waals surface area contributed by atoms with Gasteiger partial charge in [0.05, 0.1) is 33.9 Å². The lowest BCUT2D eigenvalue weighted by atomic mass is 9.95. The zero-order valence-electron chi connectivity index (χ0n) is 22.1. The van der Waals surface area contributed by atoms with Crippen molar-refractivity contribution in [1.29, 1.82) is 5.26 Å². The number of halogens is 5. The third-order valence-electron chi connectivity index (χ3n) is 7.49. The van der Waals surface area contributed by atoms with E-state index in [0.717, 1.165) is 53.8 Å². The van der Waals surface area contributed by atoms with Crippen molar-refractivity contribution in [3.8, 4) is 17.3 Å². The van der Waals surface area contributed by atoms with E-state index in [-0.39, 0.29) is 46.9 Å². The molecule has 2 aromatic heterocycles. The molecule has 2 fully saturated rings. The van der Waals surface area contributed by atoms with E-state index < -0.39 is 51.9 Å². The lowest BCUT2D eigenvalue weighted by Gasteiger charge is -2.27. The largest absolute Gasteiger partial charge is 0.451 e. The van der Waals surface area contributed by atoms with Crippen molar-refractivity contribution in [2.24, 2.45) is 0 Å². The van der Waals surface area contributed by atoms with Crippen LogP contribution in [0.1, 0.15) is 61.2 Å². The van der Waals surface area contributed by atoms with Crippen LogP contribution < -0.4 is 0 Å². The number of hydrogen-bond donors (Lipinski definition) is 0. The molecule has 1 saturated carbocycles. The van der Waals surface area contributed by atoms with Gasteiger partial charge in [-0.2, -0.15) is 22.7 Å². The number of nitrogens with zero attached hydrogens (tertiary/aromatic N) is 5. The van der Waals surface area contributed by atoms with E-state index in [1.54, 1.807) is 0 Å². The summed E-state index contributed by atoms with van der Waals surface area (Å²) in [6, 6.07) is 5.14. The molecule has 0 bridgehead atoms. The molecule has 14 heteroatoms. The van der Waals surface area contributed by atoms with Crippen LogP contribution in [0.5, 0.6) is 0 Å². The van der Waals surface area contributed by atoms with Gasteiger partial charge in [-0.15, -0.1) is 0 Å². The van der Waals surface area contributed by atoms with Gasteiger partial charge in [-0.25, -0.2) is 27.2 Å². The number of pyridine rings is 1. The Kier molecular flexibility index (Phi) is 7.84. The Morgan fingerprint density at radius 3 is 2.36 bits per heavy atom. The number of carbonyl (C=O) groups excluding carboxylic acids is 1. The fourth-order valence-corrected chi connectivity index (χ4v) is 6.95. The maximum atomic E-state index is 14.8. The molecule has 3 heterocycles. The Bertz CT molecular complexity index is 1650. The first kappa shape index (κ1) is 29.7. The van der Waals surface area contributed by atoms with Crippen LogP contribution in [-0.2, 0) is 27.4 Å². The molecular weight excluding hydrogens is 581 g/mol. The quantitative estimate of drug-likeness (QED) is 0.327. The Balaban J connectivity index is 1.43. The van der Waals surface area contributed by atoms with Gasteiger partial charge in [0.1, 0.15) is 18.1 Å². The van der Waals surface area contributed by atoms with Crippen LogP contribution in [0.4, 0.5) is 22.0 Å². The van der Waals surface area contributed by atoms with Crippen LogP contribution in [0.2, 0.25) is 0 Å². The van der Waals surface area contributed by atoms with Gasteiger partial charge in [0, 0.05) is 36.7 Å². The summed E-state index contributed by atoms with van der Waals surface area (Å²) in [6.45, 7) is 1.36. The van der Waals surface area contributed by atoms with E-state index in [0.29, 0.717) is 11.3 Å². The summed E-state index contributed by atoms with van der Waals surface area (Å²) in [7, 11) is -4.34. The molecule has 0 spiro atoms. The van der Waals surface area contributed by atoms with E-state index in [9.17, 15) is 40.4 Å². The molecular formula is C28H24F5N5O3S. The molecule has 1 aliphatic heterocycles. The van der Waals surface area contributed by atoms with Gasteiger partial charge in [0.25, 0.3) is 0 Å². The number of aryl methyl sites for hydroxylation is 1. The molecule has 1 saturated heterocycles. The zero-order valence-corrected chi connectivity index (χ0v) is 23.0. The van der Waals surface area contributed by atoms with Crippen molar-refractivity contribution in [2.45, 2.75) is 74.3 Å². The van der Waals surface area contributed by atoms with Crippen molar-refractivity contribution in [3.05, 3.63) is 71.2 Å². The van der Waals surface area contributed by atoms with Crippen LogP contribution >= 0.6 is 0 Å². The number of alkyl halides is 4. The van der Waals surface area contributed by atoms with Gasteiger partial charge in [0.15, 0.2) is 5.78 Å². The van der Waals surface area contributed by atoms with Crippen molar-refractivity contribution >= 4 is 15.8 Å². The number of benzene rings is 1. The second-order valence-corrected chi connectivity index (χ2v) is 12.2. The molecule has 0 unspecified atom stereocenters. The second-order valence-electron chi connectivity index (χ2n) is 10.4. The van der Waals surface area contributed by atoms with E-state index >= 15 is 0 Å². The Hall–Kier alpha value is -3.83. The fourth-order valence-electron chi connectivity index (χ4n) is 5.12. The summed E-state index contributed by atoms with van der Waals surface area (Å²) < 4.78 is 94.6. The van der Waals surface area contributed by atoms with Gasteiger partial charge in [0.2, 0.25) is 15.8 Å². The van der Waals surface area contributed by atoms with Crippen molar-refractivity contribution in [2.75, 3.05) is 0 Å². The Labute approximate surface area is 238 Å². The van der Waals surface area contributed by atoms with Gasteiger partial charge < -0.3 is 0 Å². The number of rotatable bonds is 8. The molecule has 42 heavy (non-hydrogen) atoms. The third-order valence-corrected chi connectivity index (χ3v) is 9.50. The molecule has 220 valence electrons. The minimum absolute atomic E-state index is 0.0231. The lowest BCUT2D eigenvalue weighted by Crippen LogP contribution is -2.44. The van der Waals surface area contributed by atoms with E-state index in [4.69, 9.17) is 0 Å². The molecule has 1 aliphatic carbocycles. The highest BCUT2D eigenvalue weighted by atomic mass is 32.2. The van der Waals surface area contributed by atoms with Crippen molar-refractivity contribution in [1.82, 2.24) is 19.3 Å². The fraction of sp³-hybridized carbons (Fsp3) is 0.393. The van der Waals surface area contributed by atoms with Crippen LogP contribution in [0, 0.1) is 17.1 Å². The zero-order chi connectivity index (χ0) is 30.4. The first-order valence-corrected chi connectivity index (χ1v) is 14.5. The highest BCUT2D eigenvalue weighted by molar-refractivity contribution is 7.89. The van der Waals surface area contributed by atoms with Gasteiger partial charge >= 0.3 is 6.18 Å². The molecule has 0 amide bonds. The predicted molar refractivity (Wildman–Crippen MR) is 138 cm³/mol. The first-order chi connectivity index (χ1) is 19.8. The summed E-state index contributed by atoms with van der Waals surface area (Å²) in [5, 5.41) is 9.92. The van der Waals surface area contributed by atoms with E-state index in [2.05, 4.69) is 21.0 Å².